The fraction of sp³-hybridized carbons (Fsp3) is 0.652. The number of rotatable bonds is 11. The maximum Gasteiger partial charge on any atom is 0.316 e. The van der Waals surface area contributed by atoms with Crippen molar-refractivity contribution in [3.63, 3.8) is 0 Å². The Bertz CT molecular complexity index is 755. The molecule has 0 spiro atoms. The number of esters is 1. The quantitative estimate of drug-likeness (QED) is 0.188. The molecule has 31 heavy (non-hydrogen) atoms. The van der Waals surface area contributed by atoms with E-state index in [1.54, 1.807) is 38.1 Å². The van der Waals surface area contributed by atoms with E-state index >= 15 is 0 Å². The molecule has 1 rings (SSSR count). The van der Waals surface area contributed by atoms with E-state index < -0.39 is 37.1 Å². The minimum absolute atomic E-state index is 0.0747. The van der Waals surface area contributed by atoms with Crippen molar-refractivity contribution in [2.75, 3.05) is 6.61 Å². The van der Waals surface area contributed by atoms with Crippen LogP contribution in [0.25, 0.3) is 0 Å². The third-order valence-electron chi connectivity index (χ3n) is 6.09. The van der Waals surface area contributed by atoms with Crippen LogP contribution in [-0.2, 0) is 18.8 Å². The number of carbonyl (C=O) groups excluding carboxylic acids is 2. The summed E-state index contributed by atoms with van der Waals surface area (Å²) < 4.78 is 11.3. The monoisotopic (exact) mass is 451 g/mol. The van der Waals surface area contributed by atoms with E-state index in [4.69, 9.17) is 9.16 Å². The van der Waals surface area contributed by atoms with E-state index in [-0.39, 0.29) is 29.7 Å². The Morgan fingerprint density at radius 2 is 1.55 bits per heavy atom. The number of carbonyl (C=O) groups is 2. The van der Waals surface area contributed by atoms with Crippen molar-refractivity contribution in [2.45, 2.75) is 84.5 Å². The third-order valence-corrected chi connectivity index (χ3v) is 12.1. The predicted molar refractivity (Wildman–Crippen MR) is 123 cm³/mol. The summed E-state index contributed by atoms with van der Waals surface area (Å²) in [6.07, 6.45) is -0.389. The standard InChI is InChI=1S/C23H37NO6Si/c1-9-29-23(26)20(22(24(27)28)19-13-11-10-12-18(19)8)14-21(25)30-31(15(2)3,16(4)5)17(6)7/h10-13,15-17,20,22H,9,14H2,1-8H3/t20-,22-/m0/s1. The molecule has 0 saturated carbocycles. The number of aryl methyl sites for hydroxylation is 1. The van der Waals surface area contributed by atoms with Gasteiger partial charge in [-0.15, -0.1) is 0 Å². The molecule has 174 valence electrons. The number of hydrogen-bond donors (Lipinski definition) is 0. The molecule has 0 aromatic heterocycles. The summed E-state index contributed by atoms with van der Waals surface area (Å²) in [5, 5.41) is 12.0. The molecule has 8 heteroatoms. The normalized spacial score (nSPS) is 13.9. The lowest BCUT2D eigenvalue weighted by molar-refractivity contribution is -0.536. The van der Waals surface area contributed by atoms with Gasteiger partial charge < -0.3 is 9.16 Å². The van der Waals surface area contributed by atoms with Crippen molar-refractivity contribution >= 4 is 20.3 Å². The molecular formula is C23H37NO6Si. The topological polar surface area (TPSA) is 95.7 Å². The van der Waals surface area contributed by atoms with E-state index in [0.29, 0.717) is 11.1 Å². The van der Waals surface area contributed by atoms with Crippen LogP contribution in [0.3, 0.4) is 0 Å². The van der Waals surface area contributed by atoms with Gasteiger partial charge in [0, 0.05) is 10.5 Å². The Morgan fingerprint density at radius 3 is 1.97 bits per heavy atom. The maximum atomic E-state index is 13.1. The second-order valence-corrected chi connectivity index (χ2v) is 14.3. The third kappa shape index (κ3) is 6.15. The number of hydrogen-bond acceptors (Lipinski definition) is 6. The average Bonchev–Trinajstić information content (AvgIpc) is 2.66. The van der Waals surface area contributed by atoms with Crippen LogP contribution in [0.5, 0.6) is 0 Å². The summed E-state index contributed by atoms with van der Waals surface area (Å²) in [6, 6.07) is 5.45. The fourth-order valence-corrected chi connectivity index (χ4v) is 9.93. The highest BCUT2D eigenvalue weighted by Gasteiger charge is 2.49. The minimum atomic E-state index is -2.53. The van der Waals surface area contributed by atoms with Crippen LogP contribution in [0.2, 0.25) is 16.6 Å². The highest BCUT2D eigenvalue weighted by molar-refractivity contribution is 6.78. The second kappa shape index (κ2) is 11.4. The van der Waals surface area contributed by atoms with Gasteiger partial charge in [-0.25, -0.2) is 0 Å². The van der Waals surface area contributed by atoms with Crippen LogP contribution >= 0.6 is 0 Å². The molecule has 0 N–H and O–H groups in total. The van der Waals surface area contributed by atoms with Gasteiger partial charge >= 0.3 is 5.97 Å². The summed E-state index contributed by atoms with van der Waals surface area (Å²) >= 11 is 0. The van der Waals surface area contributed by atoms with E-state index in [0.717, 1.165) is 0 Å². The first-order valence-corrected chi connectivity index (χ1v) is 13.1. The zero-order chi connectivity index (χ0) is 23.9. The van der Waals surface area contributed by atoms with E-state index in [9.17, 15) is 19.7 Å². The zero-order valence-electron chi connectivity index (χ0n) is 20.0. The molecule has 7 nitrogen and oxygen atoms in total. The lowest BCUT2D eigenvalue weighted by atomic mass is 9.88. The molecule has 0 unspecified atom stereocenters. The molecule has 2 atom stereocenters. The first kappa shape index (κ1) is 26.8. The van der Waals surface area contributed by atoms with Gasteiger partial charge in [0.25, 0.3) is 20.3 Å². The Balaban J connectivity index is 3.37. The summed E-state index contributed by atoms with van der Waals surface area (Å²) in [6.45, 7) is 15.8. The first-order valence-electron chi connectivity index (χ1n) is 11.0. The van der Waals surface area contributed by atoms with Gasteiger partial charge in [-0.2, -0.15) is 0 Å². The Hall–Kier alpha value is -2.22. The molecule has 0 fully saturated rings. The van der Waals surface area contributed by atoms with Gasteiger partial charge in [0.2, 0.25) is 0 Å². The zero-order valence-corrected chi connectivity index (χ0v) is 21.0. The van der Waals surface area contributed by atoms with Crippen LogP contribution in [0.1, 0.15) is 72.1 Å². The first-order chi connectivity index (χ1) is 14.4. The Kier molecular flexibility index (Phi) is 9.87. The van der Waals surface area contributed by atoms with E-state index in [1.807, 2.05) is 0 Å². The van der Waals surface area contributed by atoms with Crippen LogP contribution < -0.4 is 0 Å². The molecule has 0 aliphatic heterocycles. The molecule has 0 aliphatic carbocycles. The average molecular weight is 452 g/mol. The molecule has 1 aromatic carbocycles. The van der Waals surface area contributed by atoms with Crippen molar-refractivity contribution < 1.29 is 23.7 Å². The van der Waals surface area contributed by atoms with Crippen molar-refractivity contribution in [3.8, 4) is 0 Å². The minimum Gasteiger partial charge on any atom is -0.518 e. The summed E-state index contributed by atoms with van der Waals surface area (Å²) in [7, 11) is -2.53. The van der Waals surface area contributed by atoms with E-state index in [1.165, 1.54) is 0 Å². The highest BCUT2D eigenvalue weighted by atomic mass is 28.4. The van der Waals surface area contributed by atoms with Crippen LogP contribution in [-0.4, -0.2) is 31.8 Å². The summed E-state index contributed by atoms with van der Waals surface area (Å²) in [4.78, 5) is 37.4. The lowest BCUT2D eigenvalue weighted by Gasteiger charge is -2.41. The van der Waals surface area contributed by atoms with Gasteiger partial charge in [0.15, 0.2) is 0 Å². The Morgan fingerprint density at radius 1 is 1.03 bits per heavy atom. The van der Waals surface area contributed by atoms with Crippen molar-refractivity contribution in [1.29, 1.82) is 0 Å². The number of nitrogens with zero attached hydrogens (tertiary/aromatic N) is 1. The van der Waals surface area contributed by atoms with Gasteiger partial charge in [-0.3, -0.25) is 19.7 Å². The van der Waals surface area contributed by atoms with Gasteiger partial charge in [-0.1, -0.05) is 65.8 Å². The van der Waals surface area contributed by atoms with Gasteiger partial charge in [0.1, 0.15) is 5.92 Å². The maximum absolute atomic E-state index is 13.1. The smallest absolute Gasteiger partial charge is 0.316 e. The molecule has 1 aromatic rings. The molecule has 0 radical (unpaired) electrons. The molecule has 0 bridgehead atoms. The van der Waals surface area contributed by atoms with Crippen LogP contribution in [0.15, 0.2) is 24.3 Å². The predicted octanol–water partition coefficient (Wildman–Crippen LogP) is 5.60. The van der Waals surface area contributed by atoms with Crippen molar-refractivity contribution in [3.05, 3.63) is 45.5 Å². The largest absolute Gasteiger partial charge is 0.518 e. The van der Waals surface area contributed by atoms with Gasteiger partial charge in [0.05, 0.1) is 13.0 Å². The number of ether oxygens (including phenoxy) is 1. The number of benzene rings is 1. The van der Waals surface area contributed by atoms with Crippen LogP contribution in [0.4, 0.5) is 0 Å². The molecule has 0 amide bonds. The van der Waals surface area contributed by atoms with E-state index in [2.05, 4.69) is 41.5 Å². The highest BCUT2D eigenvalue weighted by Crippen LogP contribution is 2.43. The van der Waals surface area contributed by atoms with Crippen molar-refractivity contribution in [1.82, 2.24) is 0 Å². The second-order valence-electron chi connectivity index (χ2n) is 8.94. The fourth-order valence-electron chi connectivity index (χ4n) is 4.74. The summed E-state index contributed by atoms with van der Waals surface area (Å²) in [5.41, 5.74) is 1.58. The Labute approximate surface area is 186 Å². The van der Waals surface area contributed by atoms with Crippen LogP contribution in [0, 0.1) is 23.0 Å². The summed E-state index contributed by atoms with van der Waals surface area (Å²) in [5.74, 6) is -2.58. The molecule has 0 heterocycles. The van der Waals surface area contributed by atoms with Gasteiger partial charge in [-0.05, 0) is 36.0 Å². The molecule has 0 aliphatic rings. The van der Waals surface area contributed by atoms with Crippen molar-refractivity contribution in [2.24, 2.45) is 5.92 Å². The number of nitro groups is 1. The molecular weight excluding hydrogens is 414 g/mol. The lowest BCUT2D eigenvalue weighted by Crippen LogP contribution is -2.49. The SMILES string of the molecule is CCOC(=O)[C@@H](CC(=O)O[Si](C(C)C)(C(C)C)C(C)C)[C@H](c1ccccc1C)[N+](=O)[O-]. The molecule has 0 saturated heterocycles.